The van der Waals surface area contributed by atoms with Gasteiger partial charge in [-0.2, -0.15) is 0 Å². The van der Waals surface area contributed by atoms with E-state index in [-0.39, 0.29) is 11.9 Å². The van der Waals surface area contributed by atoms with Gasteiger partial charge in [0.25, 0.3) is 5.91 Å². The van der Waals surface area contributed by atoms with Crippen molar-refractivity contribution in [2.75, 3.05) is 33.7 Å². The number of carbonyl (C=O) groups excluding carboxylic acids is 1. The molecule has 2 rings (SSSR count). The molecule has 0 aliphatic rings. The number of anilines is 1. The minimum Gasteiger partial charge on any atom is -0.495 e. The van der Waals surface area contributed by atoms with Crippen molar-refractivity contribution in [1.29, 1.82) is 0 Å². The number of amides is 1. The number of nitrogens with one attached hydrogen (secondary N) is 2. The maximum atomic E-state index is 12.7. The van der Waals surface area contributed by atoms with Crippen LogP contribution in [0.2, 0.25) is 5.02 Å². The standard InChI is InChI=1S/C20H25ClN2O4/c1-13(20(24)22-16-11-15(21)9-10-17(16)25-3)23(2)12-14-7-6-8-18(26-4)19(14)27-5/h6-11,13H,12H2,1-5H3,(H,22,24)/p+1/t13-/m1/s1. The fourth-order valence-corrected chi connectivity index (χ4v) is 2.96. The van der Waals surface area contributed by atoms with Gasteiger partial charge in [-0.1, -0.05) is 17.7 Å². The summed E-state index contributed by atoms with van der Waals surface area (Å²) >= 11 is 6.03. The Labute approximate surface area is 165 Å². The van der Waals surface area contributed by atoms with E-state index < -0.39 is 0 Å². The van der Waals surface area contributed by atoms with Crippen molar-refractivity contribution in [3.63, 3.8) is 0 Å². The summed E-state index contributed by atoms with van der Waals surface area (Å²) in [4.78, 5) is 13.7. The van der Waals surface area contributed by atoms with E-state index in [9.17, 15) is 4.79 Å². The topological polar surface area (TPSA) is 61.2 Å². The second-order valence-electron chi connectivity index (χ2n) is 6.23. The molecule has 0 spiro atoms. The number of halogens is 1. The van der Waals surface area contributed by atoms with Gasteiger partial charge in [0.1, 0.15) is 12.3 Å². The number of methoxy groups -OCH3 is 3. The van der Waals surface area contributed by atoms with Gasteiger partial charge in [0.2, 0.25) is 0 Å². The van der Waals surface area contributed by atoms with Gasteiger partial charge in [0.05, 0.1) is 39.6 Å². The van der Waals surface area contributed by atoms with Crippen molar-refractivity contribution in [2.45, 2.75) is 19.5 Å². The second-order valence-corrected chi connectivity index (χ2v) is 6.67. The van der Waals surface area contributed by atoms with E-state index in [4.69, 9.17) is 25.8 Å². The van der Waals surface area contributed by atoms with E-state index in [2.05, 4.69) is 5.32 Å². The van der Waals surface area contributed by atoms with E-state index >= 15 is 0 Å². The highest BCUT2D eigenvalue weighted by atomic mass is 35.5. The Hall–Kier alpha value is -2.44. The first-order valence-corrected chi connectivity index (χ1v) is 8.95. The van der Waals surface area contributed by atoms with Gasteiger partial charge in [-0.05, 0) is 37.3 Å². The Balaban J connectivity index is 2.12. The third-order valence-corrected chi connectivity index (χ3v) is 4.74. The molecule has 0 aliphatic heterocycles. The number of para-hydroxylation sites is 1. The van der Waals surface area contributed by atoms with Gasteiger partial charge in [-0.15, -0.1) is 0 Å². The molecule has 0 aliphatic carbocycles. The summed E-state index contributed by atoms with van der Waals surface area (Å²) in [5.41, 5.74) is 1.52. The van der Waals surface area contributed by atoms with Crippen LogP contribution in [0.4, 0.5) is 5.69 Å². The maximum absolute atomic E-state index is 12.7. The molecule has 146 valence electrons. The van der Waals surface area contributed by atoms with Crippen LogP contribution in [0.5, 0.6) is 17.2 Å². The zero-order valence-corrected chi connectivity index (χ0v) is 17.0. The van der Waals surface area contributed by atoms with Crippen LogP contribution in [0.3, 0.4) is 0 Å². The lowest BCUT2D eigenvalue weighted by atomic mass is 10.1. The number of quaternary nitrogens is 1. The van der Waals surface area contributed by atoms with Crippen LogP contribution in [-0.2, 0) is 11.3 Å². The summed E-state index contributed by atoms with van der Waals surface area (Å²) in [6.45, 7) is 2.47. The van der Waals surface area contributed by atoms with Crippen LogP contribution in [0, 0.1) is 0 Å². The van der Waals surface area contributed by atoms with Gasteiger partial charge < -0.3 is 24.4 Å². The zero-order chi connectivity index (χ0) is 20.0. The molecule has 2 aromatic carbocycles. The lowest BCUT2D eigenvalue weighted by Crippen LogP contribution is -3.12. The van der Waals surface area contributed by atoms with Crippen molar-refractivity contribution in [3.8, 4) is 17.2 Å². The van der Waals surface area contributed by atoms with Gasteiger partial charge in [-0.25, -0.2) is 0 Å². The molecule has 7 heteroatoms. The quantitative estimate of drug-likeness (QED) is 0.723. The van der Waals surface area contributed by atoms with E-state index in [1.165, 1.54) is 0 Å². The highest BCUT2D eigenvalue weighted by Crippen LogP contribution is 2.30. The lowest BCUT2D eigenvalue weighted by Gasteiger charge is -2.23. The molecule has 0 heterocycles. The molecule has 0 aromatic heterocycles. The molecule has 1 unspecified atom stereocenters. The molecule has 6 nitrogen and oxygen atoms in total. The van der Waals surface area contributed by atoms with Crippen LogP contribution in [0.1, 0.15) is 12.5 Å². The Morgan fingerprint density at radius 1 is 1.11 bits per heavy atom. The fraction of sp³-hybridized carbons (Fsp3) is 0.350. The molecule has 1 amide bonds. The van der Waals surface area contributed by atoms with Crippen LogP contribution >= 0.6 is 11.6 Å². The SMILES string of the molecule is COc1ccc(Cl)cc1NC(=O)[C@@H](C)[NH+](C)Cc1cccc(OC)c1OC. The summed E-state index contributed by atoms with van der Waals surface area (Å²) in [5, 5.41) is 3.42. The zero-order valence-electron chi connectivity index (χ0n) is 16.3. The van der Waals surface area contributed by atoms with E-state index in [1.807, 2.05) is 32.2 Å². The summed E-state index contributed by atoms with van der Waals surface area (Å²) in [6.07, 6.45) is 0. The summed E-state index contributed by atoms with van der Waals surface area (Å²) in [7, 11) is 6.72. The van der Waals surface area contributed by atoms with E-state index in [0.717, 1.165) is 10.5 Å². The molecule has 27 heavy (non-hydrogen) atoms. The number of carbonyl (C=O) groups is 1. The van der Waals surface area contributed by atoms with Crippen molar-refractivity contribution < 1.29 is 23.9 Å². The normalized spacial score (nSPS) is 12.8. The average Bonchev–Trinajstić information content (AvgIpc) is 2.67. The first-order valence-electron chi connectivity index (χ1n) is 8.57. The monoisotopic (exact) mass is 393 g/mol. The molecule has 0 saturated carbocycles. The Morgan fingerprint density at radius 3 is 2.44 bits per heavy atom. The van der Waals surface area contributed by atoms with Gasteiger partial charge in [0, 0.05) is 5.02 Å². The number of ether oxygens (including phenoxy) is 3. The largest absolute Gasteiger partial charge is 0.495 e. The molecule has 2 aromatic rings. The second kappa shape index (κ2) is 9.48. The molecule has 2 N–H and O–H groups in total. The predicted octanol–water partition coefficient (Wildman–Crippen LogP) is 2.41. The van der Waals surface area contributed by atoms with Gasteiger partial charge in [0.15, 0.2) is 17.5 Å². The third kappa shape index (κ3) is 5.05. The van der Waals surface area contributed by atoms with E-state index in [0.29, 0.717) is 34.5 Å². The molecule has 0 bridgehead atoms. The Morgan fingerprint density at radius 2 is 1.81 bits per heavy atom. The summed E-state index contributed by atoms with van der Waals surface area (Å²) in [5.74, 6) is 1.79. The number of likely N-dealkylation sites (N-methyl/N-ethyl adjacent to an activating group) is 1. The van der Waals surface area contributed by atoms with Gasteiger partial charge in [-0.3, -0.25) is 4.79 Å². The van der Waals surface area contributed by atoms with Crippen LogP contribution in [0.25, 0.3) is 0 Å². The number of benzene rings is 2. The Bertz CT molecular complexity index is 798. The first kappa shape index (κ1) is 20.9. The predicted molar refractivity (Wildman–Crippen MR) is 106 cm³/mol. The maximum Gasteiger partial charge on any atom is 0.282 e. The summed E-state index contributed by atoms with van der Waals surface area (Å²) in [6, 6.07) is 10.5. The van der Waals surface area contributed by atoms with Gasteiger partial charge >= 0.3 is 0 Å². The van der Waals surface area contributed by atoms with Crippen LogP contribution < -0.4 is 24.4 Å². The Kier molecular flexibility index (Phi) is 7.33. The minimum absolute atomic E-state index is 0.130. The first-order chi connectivity index (χ1) is 12.9. The van der Waals surface area contributed by atoms with Crippen LogP contribution in [-0.4, -0.2) is 40.3 Å². The van der Waals surface area contributed by atoms with Crippen molar-refractivity contribution in [3.05, 3.63) is 47.0 Å². The summed E-state index contributed by atoms with van der Waals surface area (Å²) < 4.78 is 16.1. The van der Waals surface area contributed by atoms with Crippen molar-refractivity contribution in [1.82, 2.24) is 0 Å². The highest BCUT2D eigenvalue weighted by Gasteiger charge is 2.24. The fourth-order valence-electron chi connectivity index (χ4n) is 2.79. The van der Waals surface area contributed by atoms with Crippen molar-refractivity contribution >= 4 is 23.2 Å². The molecular weight excluding hydrogens is 368 g/mol. The number of hydrogen-bond donors (Lipinski definition) is 2. The van der Waals surface area contributed by atoms with Crippen LogP contribution in [0.15, 0.2) is 36.4 Å². The molecule has 0 saturated heterocycles. The number of rotatable bonds is 8. The van der Waals surface area contributed by atoms with E-state index in [1.54, 1.807) is 39.5 Å². The molecular formula is C20H26ClN2O4+. The smallest absolute Gasteiger partial charge is 0.282 e. The molecule has 2 atom stereocenters. The van der Waals surface area contributed by atoms with Crippen molar-refractivity contribution in [2.24, 2.45) is 0 Å². The lowest BCUT2D eigenvalue weighted by molar-refractivity contribution is -0.907. The highest BCUT2D eigenvalue weighted by molar-refractivity contribution is 6.31. The number of hydrogen-bond acceptors (Lipinski definition) is 4. The minimum atomic E-state index is -0.315. The molecule has 0 radical (unpaired) electrons. The third-order valence-electron chi connectivity index (χ3n) is 4.51. The average molecular weight is 394 g/mol. The molecule has 0 fully saturated rings.